The van der Waals surface area contributed by atoms with Crippen molar-refractivity contribution in [3.8, 4) is 11.4 Å². The summed E-state index contributed by atoms with van der Waals surface area (Å²) in [7, 11) is 0. The maximum absolute atomic E-state index is 14.8. The first-order valence-corrected chi connectivity index (χ1v) is 18.4. The van der Waals surface area contributed by atoms with E-state index in [1.165, 1.54) is 0 Å². The minimum absolute atomic E-state index is 0.101. The molecule has 276 valence electrons. The van der Waals surface area contributed by atoms with Crippen molar-refractivity contribution >= 4 is 28.7 Å². The van der Waals surface area contributed by atoms with Crippen molar-refractivity contribution in [3.63, 3.8) is 0 Å². The number of hydrogen-bond acceptors (Lipinski definition) is 8. The number of piperazine rings is 1. The first-order valence-electron chi connectivity index (χ1n) is 18.4. The third kappa shape index (κ3) is 6.21. The standard InChI is InChI=1S/C42H39N9O4/c1-27-40-49(37(21-28-16-18-33(52)19-17-28)41(54)48(27)24-32-13-7-12-30-14-8-20-43-39(30)32)38(53)26-47(51(40)42(55)44-23-29-9-3-2-4-10-29)25-34-36-22-31-11-5-6-15-35(31)50(36)46-45-34/h2-20,27,37,40,52H,21-26H2,1H3,(H,44,55)/t27-,37?,40-/m0/s1. The third-order valence-corrected chi connectivity index (χ3v) is 10.9. The second kappa shape index (κ2) is 14.0. The molecular formula is C42H39N9O4. The number of pyridine rings is 1. The molecule has 3 aliphatic rings. The Morgan fingerprint density at radius 1 is 0.873 bits per heavy atom. The number of aromatic nitrogens is 4. The molecule has 2 N–H and O–H groups in total. The maximum atomic E-state index is 14.8. The highest BCUT2D eigenvalue weighted by molar-refractivity contribution is 5.92. The van der Waals surface area contributed by atoms with Gasteiger partial charge in [-0.1, -0.05) is 90.1 Å². The molecule has 4 amide bonds. The van der Waals surface area contributed by atoms with Crippen LogP contribution in [0.4, 0.5) is 4.79 Å². The molecule has 0 spiro atoms. The van der Waals surface area contributed by atoms with E-state index in [9.17, 15) is 19.5 Å². The first kappa shape index (κ1) is 34.2. The summed E-state index contributed by atoms with van der Waals surface area (Å²) < 4.78 is 1.83. The number of fused-ring (bicyclic) bond motifs is 5. The molecule has 2 fully saturated rings. The van der Waals surface area contributed by atoms with Crippen LogP contribution in [-0.2, 0) is 42.1 Å². The van der Waals surface area contributed by atoms with Crippen molar-refractivity contribution in [1.82, 2.24) is 45.1 Å². The van der Waals surface area contributed by atoms with Gasteiger partial charge in [-0.2, -0.15) is 5.01 Å². The van der Waals surface area contributed by atoms with Crippen LogP contribution in [0.15, 0.2) is 115 Å². The second-order valence-electron chi connectivity index (χ2n) is 14.3. The lowest BCUT2D eigenvalue weighted by Gasteiger charge is -2.57. The van der Waals surface area contributed by atoms with Crippen LogP contribution in [0, 0.1) is 0 Å². The van der Waals surface area contributed by atoms with E-state index in [0.29, 0.717) is 12.1 Å². The minimum Gasteiger partial charge on any atom is -0.508 e. The molecule has 5 heterocycles. The zero-order valence-electron chi connectivity index (χ0n) is 30.2. The molecule has 4 aromatic carbocycles. The number of para-hydroxylation sites is 2. The highest BCUT2D eigenvalue weighted by Gasteiger charge is 2.55. The average Bonchev–Trinajstić information content (AvgIpc) is 3.78. The number of rotatable bonds is 8. The smallest absolute Gasteiger partial charge is 0.334 e. The Morgan fingerprint density at radius 2 is 1.65 bits per heavy atom. The molecule has 2 saturated heterocycles. The van der Waals surface area contributed by atoms with Crippen LogP contribution >= 0.6 is 0 Å². The summed E-state index contributed by atoms with van der Waals surface area (Å²) in [4.78, 5) is 52.1. The number of aromatic hydroxyl groups is 1. The number of hydrogen-bond donors (Lipinski definition) is 2. The number of carbonyl (C=O) groups excluding carboxylic acids is 3. The maximum Gasteiger partial charge on any atom is 0.334 e. The number of nitrogens with zero attached hydrogens (tertiary/aromatic N) is 8. The number of carbonyl (C=O) groups is 3. The van der Waals surface area contributed by atoms with E-state index >= 15 is 0 Å². The lowest BCUT2D eigenvalue weighted by atomic mass is 9.94. The van der Waals surface area contributed by atoms with Crippen LogP contribution in [0.2, 0.25) is 0 Å². The van der Waals surface area contributed by atoms with Crippen molar-refractivity contribution in [1.29, 1.82) is 0 Å². The zero-order valence-corrected chi connectivity index (χ0v) is 30.2. The Hall–Kier alpha value is -6.60. The van der Waals surface area contributed by atoms with E-state index in [-0.39, 0.29) is 50.2 Å². The summed E-state index contributed by atoms with van der Waals surface area (Å²) in [6.45, 7) is 2.36. The summed E-state index contributed by atoms with van der Waals surface area (Å²) in [5.41, 5.74) is 6.98. The minimum atomic E-state index is -0.930. The van der Waals surface area contributed by atoms with Crippen molar-refractivity contribution in [2.45, 2.75) is 57.6 Å². The summed E-state index contributed by atoms with van der Waals surface area (Å²) in [5, 5.41) is 26.5. The molecule has 0 bridgehead atoms. The fourth-order valence-electron chi connectivity index (χ4n) is 8.24. The van der Waals surface area contributed by atoms with Crippen LogP contribution in [-0.4, -0.2) is 87.5 Å². The predicted molar refractivity (Wildman–Crippen MR) is 203 cm³/mol. The lowest BCUT2D eigenvalue weighted by molar-refractivity contribution is -0.201. The van der Waals surface area contributed by atoms with Gasteiger partial charge in [-0.25, -0.2) is 14.5 Å². The van der Waals surface area contributed by atoms with E-state index in [4.69, 9.17) is 0 Å². The highest BCUT2D eigenvalue weighted by Crippen LogP contribution is 2.36. The van der Waals surface area contributed by atoms with E-state index in [1.54, 1.807) is 50.3 Å². The molecule has 0 saturated carbocycles. The Bertz CT molecular complexity index is 2410. The topological polar surface area (TPSA) is 140 Å². The van der Waals surface area contributed by atoms with Crippen molar-refractivity contribution in [2.75, 3.05) is 6.54 Å². The Balaban J connectivity index is 1.12. The normalized spacial score (nSPS) is 19.4. The van der Waals surface area contributed by atoms with Gasteiger partial charge in [0.1, 0.15) is 23.7 Å². The van der Waals surface area contributed by atoms with Crippen LogP contribution < -0.4 is 5.32 Å². The van der Waals surface area contributed by atoms with E-state index in [1.807, 2.05) is 90.5 Å². The molecule has 6 aromatic rings. The van der Waals surface area contributed by atoms with Gasteiger partial charge < -0.3 is 20.2 Å². The first-order chi connectivity index (χ1) is 26.8. The van der Waals surface area contributed by atoms with Gasteiger partial charge >= 0.3 is 6.03 Å². The Kier molecular flexibility index (Phi) is 8.70. The van der Waals surface area contributed by atoms with E-state index in [0.717, 1.165) is 44.5 Å². The Morgan fingerprint density at radius 3 is 2.49 bits per heavy atom. The average molecular weight is 734 g/mol. The van der Waals surface area contributed by atoms with Crippen LogP contribution in [0.5, 0.6) is 5.75 Å². The van der Waals surface area contributed by atoms with Gasteiger partial charge in [-0.3, -0.25) is 14.6 Å². The molecule has 1 unspecified atom stereocenters. The summed E-state index contributed by atoms with van der Waals surface area (Å²) in [5.74, 6) is -0.408. The SMILES string of the molecule is C[C@H]1[C@H]2N(C(=O)CN(Cc3nnn4c3Cc3ccccc3-4)N2C(=O)NCc2ccccc2)C(Cc2ccc(O)cc2)C(=O)N1Cc1cccc2cccnc12. The molecule has 0 radical (unpaired) electrons. The summed E-state index contributed by atoms with van der Waals surface area (Å²) in [6.07, 6.45) is 1.68. The number of urea groups is 1. The number of phenolic OH excluding ortho intramolecular Hbond substituents is 1. The third-order valence-electron chi connectivity index (χ3n) is 10.9. The van der Waals surface area contributed by atoms with Crippen LogP contribution in [0.25, 0.3) is 16.6 Å². The van der Waals surface area contributed by atoms with E-state index in [2.05, 4.69) is 26.7 Å². The van der Waals surface area contributed by atoms with E-state index < -0.39 is 24.3 Å². The Labute approximate surface area is 317 Å². The largest absolute Gasteiger partial charge is 0.508 e. The fourth-order valence-corrected chi connectivity index (χ4v) is 8.24. The fraction of sp³-hybridized carbons (Fsp3) is 0.238. The number of phenols is 1. The number of amides is 4. The molecule has 13 heteroatoms. The summed E-state index contributed by atoms with van der Waals surface area (Å²) >= 11 is 0. The number of nitrogens with one attached hydrogen (secondary N) is 1. The van der Waals surface area contributed by atoms with Gasteiger partial charge in [0.15, 0.2) is 0 Å². The van der Waals surface area contributed by atoms with Gasteiger partial charge in [0.2, 0.25) is 11.8 Å². The lowest BCUT2D eigenvalue weighted by Crippen LogP contribution is -2.78. The van der Waals surface area contributed by atoms with Crippen LogP contribution in [0.1, 0.15) is 40.6 Å². The molecule has 13 nitrogen and oxygen atoms in total. The van der Waals surface area contributed by atoms with Gasteiger partial charge in [0, 0.05) is 37.5 Å². The molecular weight excluding hydrogens is 695 g/mol. The number of benzene rings is 4. The quantitative estimate of drug-likeness (QED) is 0.232. The van der Waals surface area contributed by atoms with Crippen molar-refractivity contribution in [3.05, 3.63) is 149 Å². The van der Waals surface area contributed by atoms with Gasteiger partial charge in [-0.15, -0.1) is 5.10 Å². The van der Waals surface area contributed by atoms with Gasteiger partial charge in [0.05, 0.1) is 36.0 Å². The number of hydrazine groups is 1. The monoisotopic (exact) mass is 733 g/mol. The van der Waals surface area contributed by atoms with Crippen molar-refractivity contribution in [2.24, 2.45) is 0 Å². The van der Waals surface area contributed by atoms with Gasteiger partial charge in [-0.05, 0) is 53.4 Å². The molecule has 0 aliphatic carbocycles. The molecule has 2 aromatic heterocycles. The van der Waals surface area contributed by atoms with Crippen molar-refractivity contribution < 1.29 is 19.5 Å². The zero-order chi connectivity index (χ0) is 37.6. The molecule has 55 heavy (non-hydrogen) atoms. The second-order valence-corrected chi connectivity index (χ2v) is 14.3. The summed E-state index contributed by atoms with van der Waals surface area (Å²) in [6, 6.07) is 32.1. The molecule has 3 aliphatic heterocycles. The van der Waals surface area contributed by atoms with Crippen LogP contribution in [0.3, 0.4) is 0 Å². The highest BCUT2D eigenvalue weighted by atomic mass is 16.3. The van der Waals surface area contributed by atoms with Gasteiger partial charge in [0.25, 0.3) is 0 Å². The molecule has 9 rings (SSSR count). The predicted octanol–water partition coefficient (Wildman–Crippen LogP) is 4.56. The molecule has 3 atom stereocenters.